The average Bonchev–Trinajstić information content (AvgIpc) is 2.71. The van der Waals surface area contributed by atoms with E-state index in [0.717, 1.165) is 19.4 Å². The molecule has 5 heteroatoms. The molecule has 2 aliphatic rings. The molecule has 2 aliphatic heterocycles. The van der Waals surface area contributed by atoms with Gasteiger partial charge in [0.25, 0.3) is 0 Å². The van der Waals surface area contributed by atoms with Crippen LogP contribution in [0.5, 0.6) is 0 Å². The third-order valence-electron chi connectivity index (χ3n) is 4.45. The van der Waals surface area contributed by atoms with Crippen molar-refractivity contribution >= 4 is 11.9 Å². The summed E-state index contributed by atoms with van der Waals surface area (Å²) >= 11 is 0. The van der Waals surface area contributed by atoms with Crippen molar-refractivity contribution in [1.82, 2.24) is 10.2 Å². The van der Waals surface area contributed by atoms with Crippen LogP contribution in [0.3, 0.4) is 0 Å². The highest BCUT2D eigenvalue weighted by Gasteiger charge is 2.44. The molecule has 0 aromatic heterocycles. The second-order valence-corrected chi connectivity index (χ2v) is 5.81. The normalized spacial score (nSPS) is 36.7. The molecule has 2 rings (SSSR count). The Hall–Kier alpha value is -1.10. The molecule has 0 aliphatic carbocycles. The molecule has 0 spiro atoms. The lowest BCUT2D eigenvalue weighted by atomic mass is 9.81. The number of carbonyl (C=O) groups excluding carboxylic acids is 1. The number of amides is 1. The van der Waals surface area contributed by atoms with E-state index >= 15 is 0 Å². The van der Waals surface area contributed by atoms with Gasteiger partial charge in [0.1, 0.15) is 0 Å². The fraction of sp³-hybridized carbons (Fsp3) is 0.846. The van der Waals surface area contributed by atoms with Crippen LogP contribution in [-0.2, 0) is 9.59 Å². The largest absolute Gasteiger partial charge is 0.481 e. The minimum absolute atomic E-state index is 0.117. The Bertz CT molecular complexity index is 350. The summed E-state index contributed by atoms with van der Waals surface area (Å²) in [5.41, 5.74) is -0.361. The molecule has 102 valence electrons. The van der Waals surface area contributed by atoms with Gasteiger partial charge in [-0.3, -0.25) is 9.59 Å². The first-order valence-corrected chi connectivity index (χ1v) is 6.70. The zero-order valence-corrected chi connectivity index (χ0v) is 11.1. The van der Waals surface area contributed by atoms with Crippen molar-refractivity contribution in [2.24, 2.45) is 11.3 Å². The van der Waals surface area contributed by atoms with Gasteiger partial charge in [-0.15, -0.1) is 0 Å². The van der Waals surface area contributed by atoms with Crippen LogP contribution in [0.25, 0.3) is 0 Å². The van der Waals surface area contributed by atoms with Gasteiger partial charge in [-0.25, -0.2) is 0 Å². The minimum atomic E-state index is -0.787. The molecule has 2 heterocycles. The van der Waals surface area contributed by atoms with Crippen LogP contribution in [0, 0.1) is 11.3 Å². The zero-order valence-electron chi connectivity index (χ0n) is 11.1. The molecule has 0 aromatic rings. The average molecular weight is 254 g/mol. The quantitative estimate of drug-likeness (QED) is 0.761. The van der Waals surface area contributed by atoms with Crippen molar-refractivity contribution < 1.29 is 14.7 Å². The maximum atomic E-state index is 12.6. The summed E-state index contributed by atoms with van der Waals surface area (Å²) < 4.78 is 0. The molecule has 1 amide bonds. The van der Waals surface area contributed by atoms with E-state index in [-0.39, 0.29) is 17.4 Å². The van der Waals surface area contributed by atoms with E-state index in [1.807, 2.05) is 13.8 Å². The lowest BCUT2D eigenvalue weighted by Crippen LogP contribution is -2.51. The molecule has 18 heavy (non-hydrogen) atoms. The van der Waals surface area contributed by atoms with Crippen LogP contribution < -0.4 is 5.32 Å². The van der Waals surface area contributed by atoms with Gasteiger partial charge in [0.05, 0.1) is 11.3 Å². The van der Waals surface area contributed by atoms with Gasteiger partial charge < -0.3 is 15.3 Å². The van der Waals surface area contributed by atoms with E-state index in [9.17, 15) is 9.59 Å². The Balaban J connectivity index is 2.08. The maximum absolute atomic E-state index is 12.6. The van der Waals surface area contributed by atoms with E-state index < -0.39 is 11.9 Å². The molecule has 2 saturated heterocycles. The number of nitrogens with one attached hydrogen (secondary N) is 1. The van der Waals surface area contributed by atoms with Crippen molar-refractivity contribution in [2.45, 2.75) is 39.2 Å². The Labute approximate surface area is 108 Å². The second-order valence-electron chi connectivity index (χ2n) is 5.81. The van der Waals surface area contributed by atoms with Crippen molar-refractivity contribution in [2.75, 3.05) is 19.6 Å². The van der Waals surface area contributed by atoms with E-state index in [0.29, 0.717) is 19.5 Å². The van der Waals surface area contributed by atoms with E-state index in [1.165, 1.54) is 0 Å². The van der Waals surface area contributed by atoms with Crippen molar-refractivity contribution in [1.29, 1.82) is 0 Å². The number of piperidine rings is 1. The van der Waals surface area contributed by atoms with Crippen LogP contribution in [-0.4, -0.2) is 47.6 Å². The summed E-state index contributed by atoms with van der Waals surface area (Å²) in [4.78, 5) is 25.4. The molecule has 0 saturated carbocycles. The first kappa shape index (κ1) is 13.3. The minimum Gasteiger partial charge on any atom is -0.481 e. The van der Waals surface area contributed by atoms with Gasteiger partial charge >= 0.3 is 5.97 Å². The lowest BCUT2D eigenvalue weighted by Gasteiger charge is -2.37. The van der Waals surface area contributed by atoms with E-state index in [4.69, 9.17) is 5.11 Å². The first-order chi connectivity index (χ1) is 8.46. The lowest BCUT2D eigenvalue weighted by molar-refractivity contribution is -0.146. The summed E-state index contributed by atoms with van der Waals surface area (Å²) in [6.45, 7) is 6.08. The summed E-state index contributed by atoms with van der Waals surface area (Å²) in [7, 11) is 0. The molecule has 0 aromatic carbocycles. The molecule has 5 nitrogen and oxygen atoms in total. The van der Waals surface area contributed by atoms with Crippen molar-refractivity contribution in [3.05, 3.63) is 0 Å². The molecule has 0 bridgehead atoms. The highest BCUT2D eigenvalue weighted by molar-refractivity contribution is 5.84. The highest BCUT2D eigenvalue weighted by Crippen LogP contribution is 2.33. The van der Waals surface area contributed by atoms with E-state index in [2.05, 4.69) is 5.32 Å². The van der Waals surface area contributed by atoms with Gasteiger partial charge in [-0.2, -0.15) is 0 Å². The number of likely N-dealkylation sites (tertiary alicyclic amines) is 1. The summed E-state index contributed by atoms with van der Waals surface area (Å²) in [6.07, 6.45) is 2.47. The zero-order chi connectivity index (χ0) is 13.3. The molecule has 3 unspecified atom stereocenters. The molecule has 3 atom stereocenters. The number of carboxylic acids is 1. The van der Waals surface area contributed by atoms with Gasteiger partial charge in [-0.05, 0) is 39.7 Å². The topological polar surface area (TPSA) is 69.6 Å². The summed E-state index contributed by atoms with van der Waals surface area (Å²) in [6, 6.07) is -0.186. The Kier molecular flexibility index (Phi) is 3.61. The molecule has 2 N–H and O–H groups in total. The number of hydrogen-bond donors (Lipinski definition) is 2. The predicted molar refractivity (Wildman–Crippen MR) is 67.1 cm³/mol. The summed E-state index contributed by atoms with van der Waals surface area (Å²) in [5.74, 6) is -1.08. The highest BCUT2D eigenvalue weighted by atomic mass is 16.4. The maximum Gasteiger partial charge on any atom is 0.308 e. The monoisotopic (exact) mass is 254 g/mol. The van der Waals surface area contributed by atoms with Gasteiger partial charge in [0, 0.05) is 19.1 Å². The van der Waals surface area contributed by atoms with Crippen LogP contribution in [0.1, 0.15) is 33.1 Å². The van der Waals surface area contributed by atoms with Crippen LogP contribution in [0.2, 0.25) is 0 Å². The van der Waals surface area contributed by atoms with Crippen molar-refractivity contribution in [3.63, 3.8) is 0 Å². The smallest absolute Gasteiger partial charge is 0.308 e. The molecular formula is C13H22N2O3. The van der Waals surface area contributed by atoms with Crippen molar-refractivity contribution in [3.8, 4) is 0 Å². The van der Waals surface area contributed by atoms with Gasteiger partial charge in [0.15, 0.2) is 0 Å². The van der Waals surface area contributed by atoms with Crippen LogP contribution >= 0.6 is 0 Å². The van der Waals surface area contributed by atoms with Gasteiger partial charge in [0.2, 0.25) is 5.91 Å². The number of carboxylic acid groups (broad SMARTS) is 1. The Morgan fingerprint density at radius 1 is 1.44 bits per heavy atom. The number of nitrogens with zero attached hydrogens (tertiary/aromatic N) is 1. The van der Waals surface area contributed by atoms with Crippen LogP contribution in [0.15, 0.2) is 0 Å². The third-order valence-corrected chi connectivity index (χ3v) is 4.45. The molecule has 0 radical (unpaired) electrons. The van der Waals surface area contributed by atoms with Crippen LogP contribution in [0.4, 0.5) is 0 Å². The second kappa shape index (κ2) is 4.88. The fourth-order valence-corrected chi connectivity index (χ4v) is 3.14. The van der Waals surface area contributed by atoms with E-state index in [1.54, 1.807) is 4.90 Å². The Morgan fingerprint density at radius 3 is 2.67 bits per heavy atom. The number of hydrogen-bond acceptors (Lipinski definition) is 3. The third kappa shape index (κ3) is 2.23. The summed E-state index contributed by atoms with van der Waals surface area (Å²) in [5, 5.41) is 12.4. The molecular weight excluding hydrogens is 232 g/mol. The fourth-order valence-electron chi connectivity index (χ4n) is 3.14. The number of carbonyl (C=O) groups is 2. The number of rotatable bonds is 2. The standard InChI is InChI=1S/C13H22N2O3/c1-9-10(11(16)17)4-7-15(9)12(18)13(2)5-3-6-14-8-13/h9-10,14H,3-8H2,1-2H3,(H,16,17). The molecule has 2 fully saturated rings. The Morgan fingerprint density at radius 2 is 2.17 bits per heavy atom. The number of aliphatic carboxylic acids is 1. The predicted octanol–water partition coefficient (Wildman–Crippen LogP) is 0.698. The SMILES string of the molecule is CC1C(C(=O)O)CCN1C(=O)C1(C)CCCNC1. The first-order valence-electron chi connectivity index (χ1n) is 6.70. The van der Waals surface area contributed by atoms with Gasteiger partial charge in [-0.1, -0.05) is 0 Å².